The van der Waals surface area contributed by atoms with Gasteiger partial charge in [0.05, 0.1) is 35.0 Å². The first-order valence-electron chi connectivity index (χ1n) is 13.4. The number of carbonyl (C=O) groups excluding carboxylic acids is 4. The molecule has 6 heteroatoms. The summed E-state index contributed by atoms with van der Waals surface area (Å²) in [6.07, 6.45) is 11.0. The molecule has 0 N–H and O–H groups in total. The Labute approximate surface area is 213 Å². The number of amides is 4. The van der Waals surface area contributed by atoms with E-state index < -0.39 is 0 Å². The highest BCUT2D eigenvalue weighted by molar-refractivity contribution is 6.24. The fourth-order valence-electron chi connectivity index (χ4n) is 8.74. The Morgan fingerprint density at radius 3 is 1.22 bits per heavy atom. The number of allylic oxidation sites excluding steroid dienone is 4. The van der Waals surface area contributed by atoms with E-state index in [1.807, 2.05) is 36.4 Å². The van der Waals surface area contributed by atoms with Gasteiger partial charge in [-0.1, -0.05) is 36.4 Å². The lowest BCUT2D eigenvalue weighted by Crippen LogP contribution is -2.33. The Kier molecular flexibility index (Phi) is 3.59. The molecule has 7 aliphatic rings. The maximum absolute atomic E-state index is 13.4. The maximum Gasteiger partial charge on any atom is 0.238 e. The van der Waals surface area contributed by atoms with Crippen LogP contribution in [0.5, 0.6) is 0 Å². The number of imide groups is 2. The van der Waals surface area contributed by atoms with Gasteiger partial charge in [-0.3, -0.25) is 19.2 Å². The smallest absolute Gasteiger partial charge is 0.238 e. The van der Waals surface area contributed by atoms with E-state index in [1.54, 1.807) is 0 Å². The Bertz CT molecular complexity index is 1390. The standard InChI is InChI=1S/C31H24N2O4/c34-28-24-16-1-2-17(10-16)25(24)29(35)32(28)20-7-5-14-9-15-6-8-21(13-23(15)22(14)12-20)33-30(36)26-18-3-4-19(11-18)27(26)31(33)37/h1-8,12-13,16-19,24-27H,9-11H2/t16-,17-,18-,19-,24+,25+,26+,27+/m0/s1. The number of rotatable bonds is 2. The number of carbonyl (C=O) groups is 4. The van der Waals surface area contributed by atoms with Gasteiger partial charge >= 0.3 is 0 Å². The van der Waals surface area contributed by atoms with Gasteiger partial charge in [-0.25, -0.2) is 9.80 Å². The molecule has 0 unspecified atom stereocenters. The fraction of sp³-hybridized carbons (Fsp3) is 0.355. The number of benzene rings is 2. The van der Waals surface area contributed by atoms with Crippen LogP contribution in [0.15, 0.2) is 60.7 Å². The third kappa shape index (κ3) is 2.33. The summed E-state index contributed by atoms with van der Waals surface area (Å²) in [5.74, 6) is -0.546. The third-order valence-corrected chi connectivity index (χ3v) is 10.3. The predicted molar refractivity (Wildman–Crippen MR) is 135 cm³/mol. The number of fused-ring (bicyclic) bond motifs is 13. The summed E-state index contributed by atoms with van der Waals surface area (Å²) in [7, 11) is 0. The zero-order chi connectivity index (χ0) is 24.7. The lowest BCUT2D eigenvalue weighted by Gasteiger charge is -2.19. The molecule has 6 nitrogen and oxygen atoms in total. The van der Waals surface area contributed by atoms with Gasteiger partial charge in [0.15, 0.2) is 0 Å². The van der Waals surface area contributed by atoms with Crippen LogP contribution in [0.3, 0.4) is 0 Å². The summed E-state index contributed by atoms with van der Waals surface area (Å²) >= 11 is 0. The first-order chi connectivity index (χ1) is 18.0. The zero-order valence-electron chi connectivity index (χ0n) is 20.0. The topological polar surface area (TPSA) is 74.8 Å². The molecule has 2 aromatic carbocycles. The van der Waals surface area contributed by atoms with Crippen molar-refractivity contribution in [2.45, 2.75) is 19.3 Å². The largest absolute Gasteiger partial charge is 0.274 e. The molecule has 2 heterocycles. The van der Waals surface area contributed by atoms with Gasteiger partial charge in [-0.15, -0.1) is 0 Å². The van der Waals surface area contributed by atoms with Crippen molar-refractivity contribution in [2.75, 3.05) is 9.80 Å². The number of hydrogen-bond acceptors (Lipinski definition) is 4. The normalized spacial score (nSPS) is 37.3. The number of nitrogens with zero attached hydrogens (tertiary/aromatic N) is 2. The molecule has 4 bridgehead atoms. The monoisotopic (exact) mass is 488 g/mol. The first-order valence-corrected chi connectivity index (χ1v) is 13.4. The molecule has 4 amide bonds. The van der Waals surface area contributed by atoms with Gasteiger partial charge in [-0.2, -0.15) is 0 Å². The predicted octanol–water partition coefficient (Wildman–Crippen LogP) is 3.88. The van der Waals surface area contributed by atoms with E-state index >= 15 is 0 Å². The van der Waals surface area contributed by atoms with Crippen molar-refractivity contribution in [3.63, 3.8) is 0 Å². The minimum Gasteiger partial charge on any atom is -0.274 e. The highest BCUT2D eigenvalue weighted by Gasteiger charge is 2.60. The molecule has 2 saturated heterocycles. The number of hydrogen-bond donors (Lipinski definition) is 0. The molecule has 182 valence electrons. The van der Waals surface area contributed by atoms with Crippen LogP contribution in [-0.2, 0) is 25.6 Å². The van der Waals surface area contributed by atoms with E-state index in [0.29, 0.717) is 11.4 Å². The van der Waals surface area contributed by atoms with Crippen molar-refractivity contribution < 1.29 is 19.2 Å². The summed E-state index contributed by atoms with van der Waals surface area (Å²) in [5, 5.41) is 0. The van der Waals surface area contributed by atoms with Crippen molar-refractivity contribution in [1.29, 1.82) is 0 Å². The van der Waals surface area contributed by atoms with Crippen LogP contribution in [0.2, 0.25) is 0 Å². The van der Waals surface area contributed by atoms with Gasteiger partial charge in [0.1, 0.15) is 0 Å². The van der Waals surface area contributed by atoms with Crippen LogP contribution in [0, 0.1) is 47.3 Å². The van der Waals surface area contributed by atoms with Gasteiger partial charge in [0.2, 0.25) is 23.6 Å². The molecule has 8 atom stereocenters. The third-order valence-electron chi connectivity index (χ3n) is 10.3. The average molecular weight is 489 g/mol. The molecule has 9 rings (SSSR count). The van der Waals surface area contributed by atoms with Crippen LogP contribution >= 0.6 is 0 Å². The van der Waals surface area contributed by atoms with Crippen molar-refractivity contribution >= 4 is 35.0 Å². The highest BCUT2D eigenvalue weighted by Crippen LogP contribution is 2.55. The first kappa shape index (κ1) is 20.3. The van der Waals surface area contributed by atoms with E-state index in [9.17, 15) is 19.2 Å². The second-order valence-electron chi connectivity index (χ2n) is 11.9. The summed E-state index contributed by atoms with van der Waals surface area (Å²) in [5.41, 5.74) is 5.41. The minimum atomic E-state index is -0.230. The molecule has 0 radical (unpaired) electrons. The summed E-state index contributed by atoms with van der Waals surface area (Å²) in [6, 6.07) is 11.7. The highest BCUT2D eigenvalue weighted by atomic mass is 16.2. The summed E-state index contributed by atoms with van der Waals surface area (Å²) in [4.78, 5) is 56.3. The van der Waals surface area contributed by atoms with E-state index in [-0.39, 0.29) is 71.0 Å². The van der Waals surface area contributed by atoms with Crippen molar-refractivity contribution in [1.82, 2.24) is 0 Å². The molecular formula is C31H24N2O4. The second kappa shape index (κ2) is 6.55. The maximum atomic E-state index is 13.4. The molecule has 2 aliphatic heterocycles. The van der Waals surface area contributed by atoms with Crippen LogP contribution in [-0.4, -0.2) is 23.6 Å². The molecular weight excluding hydrogens is 464 g/mol. The Morgan fingerprint density at radius 1 is 0.514 bits per heavy atom. The van der Waals surface area contributed by atoms with E-state index in [1.165, 1.54) is 9.80 Å². The summed E-state index contributed by atoms with van der Waals surface area (Å²) in [6.45, 7) is 0. The molecule has 2 saturated carbocycles. The van der Waals surface area contributed by atoms with Crippen LogP contribution in [0.1, 0.15) is 24.0 Å². The van der Waals surface area contributed by atoms with Gasteiger partial charge in [0.25, 0.3) is 0 Å². The second-order valence-corrected chi connectivity index (χ2v) is 11.9. The van der Waals surface area contributed by atoms with Crippen molar-refractivity contribution in [3.05, 3.63) is 71.8 Å². The van der Waals surface area contributed by atoms with Crippen LogP contribution in [0.4, 0.5) is 11.4 Å². The Balaban J connectivity index is 1.08. The quantitative estimate of drug-likeness (QED) is 0.405. The van der Waals surface area contributed by atoms with E-state index in [2.05, 4.69) is 24.3 Å². The van der Waals surface area contributed by atoms with Crippen LogP contribution in [0.25, 0.3) is 11.1 Å². The van der Waals surface area contributed by atoms with E-state index in [0.717, 1.165) is 41.5 Å². The van der Waals surface area contributed by atoms with Crippen LogP contribution < -0.4 is 9.80 Å². The molecule has 5 aliphatic carbocycles. The number of anilines is 2. The minimum absolute atomic E-state index is 0.0817. The van der Waals surface area contributed by atoms with Gasteiger partial charge in [-0.05, 0) is 89.5 Å². The molecule has 37 heavy (non-hydrogen) atoms. The lowest BCUT2D eigenvalue weighted by atomic mass is 9.85. The summed E-state index contributed by atoms with van der Waals surface area (Å²) < 4.78 is 0. The van der Waals surface area contributed by atoms with Gasteiger partial charge < -0.3 is 0 Å². The average Bonchev–Trinajstić information content (AvgIpc) is 3.74. The Morgan fingerprint density at radius 2 is 0.865 bits per heavy atom. The van der Waals surface area contributed by atoms with E-state index in [4.69, 9.17) is 0 Å². The molecule has 0 aromatic heterocycles. The fourth-order valence-corrected chi connectivity index (χ4v) is 8.74. The van der Waals surface area contributed by atoms with Gasteiger partial charge in [0, 0.05) is 0 Å². The molecule has 0 spiro atoms. The SMILES string of the molecule is O=C1[C@H]2[C@H](C(=O)N1c1ccc3c(c1)-c1cc(N4C(=O)[C@H]5[C@H](C4=O)[C@H]4C=C[C@H]5C4)ccc1C3)[C@H]1C=C[C@H]2C1. The molecule has 4 fully saturated rings. The Hall–Kier alpha value is -3.80. The molecule has 2 aromatic rings. The lowest BCUT2D eigenvalue weighted by molar-refractivity contribution is -0.124. The van der Waals surface area contributed by atoms with Crippen molar-refractivity contribution in [2.24, 2.45) is 47.3 Å². The zero-order valence-corrected chi connectivity index (χ0v) is 20.0. The van der Waals surface area contributed by atoms with Crippen molar-refractivity contribution in [3.8, 4) is 11.1 Å².